The number of halogens is 1. The van der Waals surface area contributed by atoms with Crippen LogP contribution in [0, 0.1) is 6.92 Å². The molecule has 90 valence electrons. The first kappa shape index (κ1) is 13.6. The van der Waals surface area contributed by atoms with Crippen LogP contribution in [0.2, 0.25) is 0 Å². The van der Waals surface area contributed by atoms with Crippen LogP contribution in [-0.4, -0.2) is 21.0 Å². The van der Waals surface area contributed by atoms with Crippen molar-refractivity contribution in [2.75, 3.05) is 6.54 Å². The Kier molecular flexibility index (Phi) is 4.49. The van der Waals surface area contributed by atoms with E-state index in [-0.39, 0.29) is 17.5 Å². The van der Waals surface area contributed by atoms with Crippen LogP contribution < -0.4 is 10.5 Å². The highest BCUT2D eigenvalue weighted by atomic mass is 79.9. The van der Waals surface area contributed by atoms with Crippen LogP contribution in [0.15, 0.2) is 27.6 Å². The van der Waals surface area contributed by atoms with E-state index in [4.69, 9.17) is 5.73 Å². The molecule has 4 nitrogen and oxygen atoms in total. The largest absolute Gasteiger partial charge is 0.329 e. The van der Waals surface area contributed by atoms with E-state index in [1.165, 1.54) is 0 Å². The normalized spacial score (nSPS) is 13.8. The molecule has 6 heteroatoms. The molecule has 16 heavy (non-hydrogen) atoms. The molecule has 0 radical (unpaired) electrons. The second-order valence-electron chi connectivity index (χ2n) is 3.69. The van der Waals surface area contributed by atoms with E-state index in [1.54, 1.807) is 19.1 Å². The molecule has 1 aromatic carbocycles. The fourth-order valence-electron chi connectivity index (χ4n) is 1.19. The van der Waals surface area contributed by atoms with Gasteiger partial charge in [0.25, 0.3) is 0 Å². The predicted molar refractivity (Wildman–Crippen MR) is 67.7 cm³/mol. The van der Waals surface area contributed by atoms with Crippen molar-refractivity contribution in [2.45, 2.75) is 24.8 Å². The van der Waals surface area contributed by atoms with Gasteiger partial charge in [0.15, 0.2) is 0 Å². The van der Waals surface area contributed by atoms with Crippen LogP contribution in [0.4, 0.5) is 0 Å². The summed E-state index contributed by atoms with van der Waals surface area (Å²) in [6.07, 6.45) is 0. The van der Waals surface area contributed by atoms with Gasteiger partial charge >= 0.3 is 0 Å². The maximum atomic E-state index is 12.0. The van der Waals surface area contributed by atoms with Gasteiger partial charge in [0.05, 0.1) is 4.90 Å². The quantitative estimate of drug-likeness (QED) is 0.883. The van der Waals surface area contributed by atoms with Gasteiger partial charge in [0.1, 0.15) is 0 Å². The Morgan fingerprint density at radius 3 is 2.69 bits per heavy atom. The number of rotatable bonds is 4. The molecule has 0 aliphatic carbocycles. The number of sulfonamides is 1. The van der Waals surface area contributed by atoms with E-state index >= 15 is 0 Å². The first-order valence-corrected chi connectivity index (χ1v) is 7.13. The molecule has 0 unspecified atom stereocenters. The molecule has 0 aliphatic rings. The zero-order valence-electron chi connectivity index (χ0n) is 9.20. The molecule has 1 atom stereocenters. The number of aryl methyl sites for hydroxylation is 1. The van der Waals surface area contributed by atoms with Crippen molar-refractivity contribution >= 4 is 26.0 Å². The highest BCUT2D eigenvalue weighted by Crippen LogP contribution is 2.22. The molecule has 0 bridgehead atoms. The third kappa shape index (κ3) is 3.28. The maximum Gasteiger partial charge on any atom is 0.241 e. The van der Waals surface area contributed by atoms with Crippen molar-refractivity contribution in [2.24, 2.45) is 5.73 Å². The van der Waals surface area contributed by atoms with Gasteiger partial charge in [0, 0.05) is 17.1 Å². The Morgan fingerprint density at radius 2 is 2.12 bits per heavy atom. The van der Waals surface area contributed by atoms with Crippen LogP contribution >= 0.6 is 15.9 Å². The molecule has 0 heterocycles. The van der Waals surface area contributed by atoms with Crippen molar-refractivity contribution in [3.8, 4) is 0 Å². The second kappa shape index (κ2) is 5.27. The molecular formula is C10H15BrN2O2S. The number of nitrogens with two attached hydrogens (primary N) is 1. The van der Waals surface area contributed by atoms with Gasteiger partial charge in [-0.15, -0.1) is 0 Å². The van der Waals surface area contributed by atoms with Crippen LogP contribution in [0.25, 0.3) is 0 Å². The van der Waals surface area contributed by atoms with Crippen LogP contribution in [0.1, 0.15) is 12.5 Å². The number of benzene rings is 1. The summed E-state index contributed by atoms with van der Waals surface area (Å²) in [5.41, 5.74) is 6.28. The molecule has 0 amide bonds. The van der Waals surface area contributed by atoms with Crippen LogP contribution in [-0.2, 0) is 10.0 Å². The topological polar surface area (TPSA) is 72.2 Å². The minimum absolute atomic E-state index is 0.243. The lowest BCUT2D eigenvalue weighted by molar-refractivity contribution is 0.562. The third-order valence-electron chi connectivity index (χ3n) is 2.09. The zero-order valence-corrected chi connectivity index (χ0v) is 11.6. The average molecular weight is 307 g/mol. The van der Waals surface area contributed by atoms with E-state index in [2.05, 4.69) is 20.7 Å². The van der Waals surface area contributed by atoms with E-state index in [0.29, 0.717) is 4.47 Å². The molecule has 0 spiro atoms. The molecule has 0 saturated carbocycles. The lowest BCUT2D eigenvalue weighted by Gasteiger charge is -2.13. The fraction of sp³-hybridized carbons (Fsp3) is 0.400. The Labute approximate surface area is 104 Å². The molecule has 0 aromatic heterocycles. The van der Waals surface area contributed by atoms with Gasteiger partial charge in [0.2, 0.25) is 10.0 Å². The third-order valence-corrected chi connectivity index (χ3v) is 4.67. The van der Waals surface area contributed by atoms with E-state index < -0.39 is 10.0 Å². The summed E-state index contributed by atoms with van der Waals surface area (Å²) in [6, 6.07) is 4.90. The molecule has 0 aliphatic heterocycles. The second-order valence-corrected chi connectivity index (χ2v) is 6.23. The highest BCUT2D eigenvalue weighted by molar-refractivity contribution is 9.10. The van der Waals surface area contributed by atoms with Gasteiger partial charge in [-0.25, -0.2) is 13.1 Å². The summed E-state index contributed by atoms with van der Waals surface area (Å²) in [4.78, 5) is 0.243. The number of hydrogen-bond acceptors (Lipinski definition) is 3. The first-order chi connectivity index (χ1) is 7.36. The Bertz CT molecular complexity index is 474. The van der Waals surface area contributed by atoms with Crippen molar-refractivity contribution < 1.29 is 8.42 Å². The van der Waals surface area contributed by atoms with Gasteiger partial charge in [-0.2, -0.15) is 0 Å². The SMILES string of the molecule is Cc1ccc(Br)c(S(=O)(=O)N[C@@H](C)CN)c1. The summed E-state index contributed by atoms with van der Waals surface area (Å²) < 4.78 is 27.0. The Balaban J connectivity index is 3.12. The summed E-state index contributed by atoms with van der Waals surface area (Å²) in [5.74, 6) is 0. The summed E-state index contributed by atoms with van der Waals surface area (Å²) >= 11 is 3.23. The zero-order chi connectivity index (χ0) is 12.3. The summed E-state index contributed by atoms with van der Waals surface area (Å²) in [5, 5.41) is 0. The van der Waals surface area contributed by atoms with Crippen molar-refractivity contribution in [3.05, 3.63) is 28.2 Å². The number of hydrogen-bond donors (Lipinski definition) is 2. The molecule has 3 N–H and O–H groups in total. The molecule has 0 saturated heterocycles. The lowest BCUT2D eigenvalue weighted by Crippen LogP contribution is -2.37. The molecule has 1 rings (SSSR count). The van der Waals surface area contributed by atoms with Crippen molar-refractivity contribution in [1.29, 1.82) is 0 Å². The number of nitrogens with one attached hydrogen (secondary N) is 1. The van der Waals surface area contributed by atoms with E-state index in [0.717, 1.165) is 5.56 Å². The van der Waals surface area contributed by atoms with Crippen molar-refractivity contribution in [1.82, 2.24) is 4.72 Å². The lowest BCUT2D eigenvalue weighted by atomic mass is 10.2. The van der Waals surface area contributed by atoms with Gasteiger partial charge in [-0.3, -0.25) is 0 Å². The van der Waals surface area contributed by atoms with E-state index in [9.17, 15) is 8.42 Å². The highest BCUT2D eigenvalue weighted by Gasteiger charge is 2.19. The smallest absolute Gasteiger partial charge is 0.241 e. The monoisotopic (exact) mass is 306 g/mol. The fourth-order valence-corrected chi connectivity index (χ4v) is 3.50. The van der Waals surface area contributed by atoms with Crippen molar-refractivity contribution in [3.63, 3.8) is 0 Å². The molecular weight excluding hydrogens is 292 g/mol. The minimum atomic E-state index is -3.50. The van der Waals surface area contributed by atoms with Crippen LogP contribution in [0.3, 0.4) is 0 Å². The van der Waals surface area contributed by atoms with Gasteiger partial charge in [-0.05, 0) is 47.5 Å². The minimum Gasteiger partial charge on any atom is -0.329 e. The molecule has 0 fully saturated rings. The average Bonchev–Trinajstić information content (AvgIpc) is 2.20. The van der Waals surface area contributed by atoms with Crippen LogP contribution in [0.5, 0.6) is 0 Å². The van der Waals surface area contributed by atoms with E-state index in [1.807, 2.05) is 13.0 Å². The molecule has 1 aromatic rings. The van der Waals surface area contributed by atoms with Gasteiger partial charge < -0.3 is 5.73 Å². The first-order valence-electron chi connectivity index (χ1n) is 4.85. The maximum absolute atomic E-state index is 12.0. The summed E-state index contributed by atoms with van der Waals surface area (Å²) in [7, 11) is -3.50. The Morgan fingerprint density at radius 1 is 1.50 bits per heavy atom. The predicted octanol–water partition coefficient (Wildman–Crippen LogP) is 1.38. The van der Waals surface area contributed by atoms with Gasteiger partial charge in [-0.1, -0.05) is 6.07 Å². The summed E-state index contributed by atoms with van der Waals surface area (Å²) in [6.45, 7) is 3.84. The standard InChI is InChI=1S/C10H15BrN2O2S/c1-7-3-4-9(11)10(5-7)16(14,15)13-8(2)6-12/h3-5,8,13H,6,12H2,1-2H3/t8-/m0/s1. The Hall–Kier alpha value is -0.430.